The Kier molecular flexibility index (Phi) is 12.2. The van der Waals surface area contributed by atoms with Gasteiger partial charge in [-0.25, -0.2) is 0 Å². The zero-order valence-electron chi connectivity index (χ0n) is 18.5. The highest BCUT2D eigenvalue weighted by Gasteiger charge is 2.33. The lowest BCUT2D eigenvalue weighted by molar-refractivity contribution is -0.139. The summed E-state index contributed by atoms with van der Waals surface area (Å²) in [6, 6.07) is 11.2. The lowest BCUT2D eigenvalue weighted by Crippen LogP contribution is -2.30. The molecule has 0 radical (unpaired) electrons. The topological polar surface area (TPSA) is 24.1 Å². The van der Waals surface area contributed by atoms with Crippen molar-refractivity contribution >= 4 is 24.8 Å². The molecular formula is C24H30Cl2F6N2. The third kappa shape index (κ3) is 8.95. The molecule has 0 amide bonds. The van der Waals surface area contributed by atoms with Crippen LogP contribution < -0.4 is 10.6 Å². The molecule has 1 saturated carbocycles. The van der Waals surface area contributed by atoms with Gasteiger partial charge in [-0.15, -0.1) is 24.8 Å². The highest BCUT2D eigenvalue weighted by Crippen LogP contribution is 2.33. The smallest absolute Gasteiger partial charge is 0.312 e. The van der Waals surface area contributed by atoms with Gasteiger partial charge in [-0.2, -0.15) is 26.3 Å². The highest BCUT2D eigenvalue weighted by molar-refractivity contribution is 5.85. The van der Waals surface area contributed by atoms with Crippen LogP contribution in [0.25, 0.3) is 0 Å². The van der Waals surface area contributed by atoms with Crippen LogP contribution in [-0.2, 0) is 25.4 Å². The second-order valence-corrected chi connectivity index (χ2v) is 8.46. The van der Waals surface area contributed by atoms with Crippen molar-refractivity contribution in [2.75, 3.05) is 13.1 Å². The molecule has 192 valence electrons. The SMILES string of the molecule is Cl.Cl.FC(F)(F)c1ccccc1CNCC1CCC(CNCc2ccccc2C(F)(F)F)CC1. The fraction of sp³-hybridized carbons (Fsp3) is 0.500. The Morgan fingerprint density at radius 1 is 0.588 bits per heavy atom. The van der Waals surface area contributed by atoms with E-state index in [1.165, 1.54) is 24.3 Å². The van der Waals surface area contributed by atoms with E-state index in [1.54, 1.807) is 12.1 Å². The maximum atomic E-state index is 13.1. The minimum atomic E-state index is -4.36. The average Bonchev–Trinajstić information content (AvgIpc) is 2.74. The first kappa shape index (κ1) is 30.6. The first-order valence-electron chi connectivity index (χ1n) is 10.9. The van der Waals surface area contributed by atoms with E-state index in [0.717, 1.165) is 37.8 Å². The van der Waals surface area contributed by atoms with E-state index in [0.29, 0.717) is 24.9 Å². The van der Waals surface area contributed by atoms with Gasteiger partial charge in [-0.1, -0.05) is 36.4 Å². The third-order valence-electron chi connectivity index (χ3n) is 6.11. The lowest BCUT2D eigenvalue weighted by atomic mass is 9.82. The van der Waals surface area contributed by atoms with Crippen molar-refractivity contribution in [2.24, 2.45) is 11.8 Å². The van der Waals surface area contributed by atoms with Crippen LogP contribution in [0.15, 0.2) is 48.5 Å². The second-order valence-electron chi connectivity index (χ2n) is 8.46. The van der Waals surface area contributed by atoms with Crippen molar-refractivity contribution in [3.05, 3.63) is 70.8 Å². The van der Waals surface area contributed by atoms with Gasteiger partial charge in [0.2, 0.25) is 0 Å². The summed E-state index contributed by atoms with van der Waals surface area (Å²) >= 11 is 0. The molecule has 0 bridgehead atoms. The van der Waals surface area contributed by atoms with Crippen molar-refractivity contribution < 1.29 is 26.3 Å². The Balaban J connectivity index is 0.00000289. The molecular weight excluding hydrogens is 501 g/mol. The number of hydrogen-bond donors (Lipinski definition) is 2. The van der Waals surface area contributed by atoms with Crippen molar-refractivity contribution in [1.82, 2.24) is 10.6 Å². The van der Waals surface area contributed by atoms with Gasteiger partial charge in [-0.3, -0.25) is 0 Å². The summed E-state index contributed by atoms with van der Waals surface area (Å²) in [6.07, 6.45) is -4.88. The molecule has 34 heavy (non-hydrogen) atoms. The van der Waals surface area contributed by atoms with Gasteiger partial charge in [0.1, 0.15) is 0 Å². The largest absolute Gasteiger partial charge is 0.416 e. The van der Waals surface area contributed by atoms with E-state index < -0.39 is 23.5 Å². The molecule has 0 atom stereocenters. The molecule has 0 saturated heterocycles. The molecule has 2 aromatic rings. The van der Waals surface area contributed by atoms with E-state index in [-0.39, 0.29) is 49.0 Å². The van der Waals surface area contributed by atoms with E-state index in [9.17, 15) is 26.3 Å². The maximum Gasteiger partial charge on any atom is 0.416 e. The van der Waals surface area contributed by atoms with Gasteiger partial charge in [0.15, 0.2) is 0 Å². The minimum absolute atomic E-state index is 0. The monoisotopic (exact) mass is 530 g/mol. The molecule has 0 heterocycles. The van der Waals surface area contributed by atoms with Crippen molar-refractivity contribution in [3.8, 4) is 0 Å². The molecule has 0 aliphatic heterocycles. The van der Waals surface area contributed by atoms with Crippen LogP contribution in [0.5, 0.6) is 0 Å². The first-order valence-corrected chi connectivity index (χ1v) is 10.9. The number of alkyl halides is 6. The summed E-state index contributed by atoms with van der Waals surface area (Å²) in [6.45, 7) is 1.67. The zero-order chi connectivity index (χ0) is 23.2. The highest BCUT2D eigenvalue weighted by atomic mass is 35.5. The standard InChI is InChI=1S/C24H28F6N2.2ClH/c25-23(26,27)21-7-3-1-5-19(21)15-31-13-17-9-11-18(12-10-17)14-32-16-20-6-2-4-8-22(20)24(28,29)30;;/h1-8,17-18,31-32H,9-16H2;2*1H. The summed E-state index contributed by atoms with van der Waals surface area (Å²) in [7, 11) is 0. The number of hydrogen-bond acceptors (Lipinski definition) is 2. The fourth-order valence-electron chi connectivity index (χ4n) is 4.36. The molecule has 0 unspecified atom stereocenters. The summed E-state index contributed by atoms with van der Waals surface area (Å²) < 4.78 is 78.4. The molecule has 10 heteroatoms. The van der Waals surface area contributed by atoms with Crippen molar-refractivity contribution in [3.63, 3.8) is 0 Å². The molecule has 3 rings (SSSR count). The predicted molar refractivity (Wildman–Crippen MR) is 126 cm³/mol. The predicted octanol–water partition coefficient (Wildman–Crippen LogP) is 7.25. The average molecular weight is 531 g/mol. The molecule has 1 aliphatic carbocycles. The molecule has 2 N–H and O–H groups in total. The van der Waals surface area contributed by atoms with Crippen LogP contribution in [0.3, 0.4) is 0 Å². The summed E-state index contributed by atoms with van der Waals surface area (Å²) in [5.74, 6) is 0.797. The quantitative estimate of drug-likeness (QED) is 0.351. The third-order valence-corrected chi connectivity index (χ3v) is 6.11. The molecule has 0 aromatic heterocycles. The van der Waals surface area contributed by atoms with Crippen molar-refractivity contribution in [2.45, 2.75) is 51.1 Å². The van der Waals surface area contributed by atoms with Crippen LogP contribution in [0, 0.1) is 11.8 Å². The summed E-state index contributed by atoms with van der Waals surface area (Å²) in [4.78, 5) is 0. The van der Waals surface area contributed by atoms with Crippen molar-refractivity contribution in [1.29, 1.82) is 0 Å². The summed E-state index contributed by atoms with van der Waals surface area (Å²) in [5, 5.41) is 6.32. The van der Waals surface area contributed by atoms with Gasteiger partial charge in [0.25, 0.3) is 0 Å². The molecule has 1 fully saturated rings. The van der Waals surface area contributed by atoms with E-state index in [4.69, 9.17) is 0 Å². The van der Waals surface area contributed by atoms with Crippen LogP contribution in [-0.4, -0.2) is 13.1 Å². The van der Waals surface area contributed by atoms with Gasteiger partial charge in [-0.05, 0) is 73.9 Å². The maximum absolute atomic E-state index is 13.1. The van der Waals surface area contributed by atoms with Crippen LogP contribution >= 0.6 is 24.8 Å². The number of nitrogens with one attached hydrogen (secondary N) is 2. The van der Waals surface area contributed by atoms with Gasteiger partial charge < -0.3 is 10.6 Å². The normalized spacial score (nSPS) is 18.6. The van der Waals surface area contributed by atoms with E-state index in [1.807, 2.05) is 0 Å². The number of rotatable bonds is 8. The molecule has 1 aliphatic rings. The van der Waals surface area contributed by atoms with E-state index >= 15 is 0 Å². The second kappa shape index (κ2) is 13.6. The molecule has 2 nitrogen and oxygen atoms in total. The van der Waals surface area contributed by atoms with Crippen LogP contribution in [0.4, 0.5) is 26.3 Å². The Labute approximate surface area is 208 Å². The lowest BCUT2D eigenvalue weighted by Gasteiger charge is -2.29. The fourth-order valence-corrected chi connectivity index (χ4v) is 4.36. The van der Waals surface area contributed by atoms with E-state index in [2.05, 4.69) is 10.6 Å². The van der Waals surface area contributed by atoms with Gasteiger partial charge >= 0.3 is 12.4 Å². The number of benzene rings is 2. The molecule has 0 spiro atoms. The molecule has 2 aromatic carbocycles. The Hall–Kier alpha value is -1.48. The zero-order valence-corrected chi connectivity index (χ0v) is 20.1. The Morgan fingerprint density at radius 3 is 1.24 bits per heavy atom. The van der Waals surface area contributed by atoms with Gasteiger partial charge in [0, 0.05) is 13.1 Å². The Bertz CT molecular complexity index is 794. The Morgan fingerprint density at radius 2 is 0.912 bits per heavy atom. The minimum Gasteiger partial charge on any atom is -0.312 e. The summed E-state index contributed by atoms with van der Waals surface area (Å²) in [5.41, 5.74) is -0.710. The van der Waals surface area contributed by atoms with Crippen LogP contribution in [0.2, 0.25) is 0 Å². The first-order chi connectivity index (χ1) is 15.1. The number of halogens is 8. The van der Waals surface area contributed by atoms with Crippen LogP contribution in [0.1, 0.15) is 47.9 Å². The van der Waals surface area contributed by atoms with Gasteiger partial charge in [0.05, 0.1) is 11.1 Å².